The van der Waals surface area contributed by atoms with E-state index in [0.29, 0.717) is 4.88 Å². The van der Waals surface area contributed by atoms with E-state index in [1.54, 1.807) is 11.4 Å². The molecule has 1 heterocycles. The second kappa shape index (κ2) is 2.62. The van der Waals surface area contributed by atoms with Crippen molar-refractivity contribution in [3.63, 3.8) is 0 Å². The Morgan fingerprint density at radius 3 is 2.50 bits per heavy atom. The van der Waals surface area contributed by atoms with E-state index in [1.165, 1.54) is 6.07 Å². The third-order valence-electron chi connectivity index (χ3n) is 0.955. The van der Waals surface area contributed by atoms with Crippen molar-refractivity contribution in [1.29, 1.82) is 0 Å². The van der Waals surface area contributed by atoms with Gasteiger partial charge in [-0.25, -0.2) is 0 Å². The Bertz CT molecular complexity index is 187. The molecule has 0 aliphatic rings. The molecule has 0 N–H and O–H groups in total. The topological polar surface area (TPSA) is 0 Å². The van der Waals surface area contributed by atoms with Gasteiger partial charge in [0.05, 0.1) is 6.42 Å². The molecule has 0 radical (unpaired) electrons. The Morgan fingerprint density at radius 2 is 2.10 bits per heavy atom. The number of halogens is 3. The molecule has 0 aliphatic carbocycles. The van der Waals surface area contributed by atoms with Crippen molar-refractivity contribution in [1.82, 2.24) is 0 Å². The van der Waals surface area contributed by atoms with Crippen LogP contribution in [0.1, 0.15) is 4.88 Å². The summed E-state index contributed by atoms with van der Waals surface area (Å²) >= 11 is 1.13. The lowest BCUT2D eigenvalue weighted by Crippen LogP contribution is -2.09. The van der Waals surface area contributed by atoms with Crippen LogP contribution in [-0.2, 0) is 6.42 Å². The number of hydrogen-bond donors (Lipinski definition) is 0. The van der Waals surface area contributed by atoms with E-state index < -0.39 is 12.6 Å². The van der Waals surface area contributed by atoms with E-state index in [9.17, 15) is 13.2 Å². The molecule has 4 heteroatoms. The first-order chi connectivity index (χ1) is 4.58. The van der Waals surface area contributed by atoms with E-state index in [2.05, 4.69) is 0 Å². The highest BCUT2D eigenvalue weighted by molar-refractivity contribution is 7.09. The predicted molar refractivity (Wildman–Crippen MR) is 34.1 cm³/mol. The van der Waals surface area contributed by atoms with E-state index in [4.69, 9.17) is 0 Å². The molecule has 1 rings (SSSR count). The molecule has 0 fully saturated rings. The maximum atomic E-state index is 11.6. The van der Waals surface area contributed by atoms with Crippen molar-refractivity contribution < 1.29 is 13.2 Å². The van der Waals surface area contributed by atoms with Gasteiger partial charge in [0, 0.05) is 4.88 Å². The summed E-state index contributed by atoms with van der Waals surface area (Å²) in [5.74, 6) is 0. The Labute approximate surface area is 60.3 Å². The summed E-state index contributed by atoms with van der Waals surface area (Å²) in [4.78, 5) is 0.368. The zero-order valence-corrected chi connectivity index (χ0v) is 5.80. The van der Waals surface area contributed by atoms with Crippen molar-refractivity contribution in [3.8, 4) is 0 Å². The van der Waals surface area contributed by atoms with Gasteiger partial charge in [-0.15, -0.1) is 11.3 Å². The van der Waals surface area contributed by atoms with Crippen LogP contribution in [0.5, 0.6) is 0 Å². The van der Waals surface area contributed by atoms with Crippen molar-refractivity contribution >= 4 is 11.3 Å². The third kappa shape index (κ3) is 2.39. The fourth-order valence-corrected chi connectivity index (χ4v) is 1.35. The van der Waals surface area contributed by atoms with E-state index in [1.807, 2.05) is 0 Å². The molecule has 1 aromatic heterocycles. The average Bonchev–Trinajstić information content (AvgIpc) is 2.12. The summed E-state index contributed by atoms with van der Waals surface area (Å²) < 4.78 is 34.9. The summed E-state index contributed by atoms with van der Waals surface area (Å²) in [5.41, 5.74) is 0. The van der Waals surface area contributed by atoms with Gasteiger partial charge in [-0.2, -0.15) is 13.2 Å². The molecular formula is C6H5F3S. The highest BCUT2D eigenvalue weighted by Crippen LogP contribution is 2.23. The Morgan fingerprint density at radius 1 is 1.40 bits per heavy atom. The lowest BCUT2D eigenvalue weighted by Gasteiger charge is -2.01. The van der Waals surface area contributed by atoms with E-state index in [0.717, 1.165) is 11.3 Å². The monoisotopic (exact) mass is 166 g/mol. The maximum Gasteiger partial charge on any atom is 0.393 e. The molecule has 0 nitrogen and oxygen atoms in total. The molecule has 0 atom stereocenters. The average molecular weight is 166 g/mol. The first kappa shape index (κ1) is 7.60. The van der Waals surface area contributed by atoms with E-state index >= 15 is 0 Å². The summed E-state index contributed by atoms with van der Waals surface area (Å²) in [6, 6.07) is 3.10. The van der Waals surface area contributed by atoms with Crippen LogP contribution in [-0.4, -0.2) is 6.18 Å². The van der Waals surface area contributed by atoms with Crippen molar-refractivity contribution in [3.05, 3.63) is 22.4 Å². The lowest BCUT2D eigenvalue weighted by molar-refractivity contribution is -0.126. The Hall–Kier alpha value is -0.510. The van der Waals surface area contributed by atoms with Crippen LogP contribution < -0.4 is 0 Å². The fourth-order valence-electron chi connectivity index (χ4n) is 0.611. The van der Waals surface area contributed by atoms with Gasteiger partial charge in [-0.05, 0) is 11.4 Å². The largest absolute Gasteiger partial charge is 0.393 e. The molecule has 0 unspecified atom stereocenters. The molecule has 0 bridgehead atoms. The zero-order chi connectivity index (χ0) is 7.61. The van der Waals surface area contributed by atoms with Crippen molar-refractivity contribution in [2.75, 3.05) is 0 Å². The second-order valence-electron chi connectivity index (χ2n) is 1.87. The summed E-state index contributed by atoms with van der Waals surface area (Å²) in [5, 5.41) is 1.64. The minimum absolute atomic E-state index is 0.368. The smallest absolute Gasteiger partial charge is 0.171 e. The molecule has 56 valence electrons. The van der Waals surface area contributed by atoms with Crippen LogP contribution in [0.25, 0.3) is 0 Å². The number of alkyl halides is 3. The Kier molecular flexibility index (Phi) is 1.99. The molecule has 10 heavy (non-hydrogen) atoms. The van der Waals surface area contributed by atoms with Crippen LogP contribution in [0.3, 0.4) is 0 Å². The normalized spacial score (nSPS) is 11.9. The third-order valence-corrected chi connectivity index (χ3v) is 1.83. The van der Waals surface area contributed by atoms with Crippen LogP contribution in [0.15, 0.2) is 17.5 Å². The highest BCUT2D eigenvalue weighted by atomic mass is 32.1. The SMILES string of the molecule is FC(F)(F)Cc1cccs1. The molecular weight excluding hydrogens is 161 g/mol. The van der Waals surface area contributed by atoms with Crippen molar-refractivity contribution in [2.45, 2.75) is 12.6 Å². The van der Waals surface area contributed by atoms with Gasteiger partial charge in [0.2, 0.25) is 0 Å². The summed E-state index contributed by atoms with van der Waals surface area (Å²) in [6.07, 6.45) is -4.87. The number of hydrogen-bond acceptors (Lipinski definition) is 1. The predicted octanol–water partition coefficient (Wildman–Crippen LogP) is 2.85. The number of thiophene rings is 1. The quantitative estimate of drug-likeness (QED) is 0.601. The first-order valence-electron chi connectivity index (χ1n) is 2.67. The van der Waals surface area contributed by atoms with Crippen LogP contribution in [0.2, 0.25) is 0 Å². The zero-order valence-electron chi connectivity index (χ0n) is 4.98. The highest BCUT2D eigenvalue weighted by Gasteiger charge is 2.27. The Balaban J connectivity index is 2.57. The van der Waals surface area contributed by atoms with Crippen LogP contribution in [0.4, 0.5) is 13.2 Å². The van der Waals surface area contributed by atoms with Gasteiger partial charge < -0.3 is 0 Å². The molecule has 0 aliphatic heterocycles. The van der Waals surface area contributed by atoms with Gasteiger partial charge in [-0.1, -0.05) is 6.07 Å². The second-order valence-corrected chi connectivity index (χ2v) is 2.90. The molecule has 1 aromatic rings. The van der Waals surface area contributed by atoms with Gasteiger partial charge in [0.1, 0.15) is 0 Å². The minimum atomic E-state index is -4.06. The van der Waals surface area contributed by atoms with Gasteiger partial charge in [-0.3, -0.25) is 0 Å². The fraction of sp³-hybridized carbons (Fsp3) is 0.333. The molecule has 0 saturated carbocycles. The standard InChI is InChI=1S/C6H5F3S/c7-6(8,9)4-5-2-1-3-10-5/h1-3H,4H2. The van der Waals surface area contributed by atoms with Gasteiger partial charge in [0.25, 0.3) is 0 Å². The number of rotatable bonds is 1. The minimum Gasteiger partial charge on any atom is -0.171 e. The summed E-state index contributed by atoms with van der Waals surface area (Å²) in [7, 11) is 0. The van der Waals surface area contributed by atoms with Crippen LogP contribution in [0, 0.1) is 0 Å². The van der Waals surface area contributed by atoms with Gasteiger partial charge >= 0.3 is 6.18 Å². The molecule has 0 aromatic carbocycles. The summed E-state index contributed by atoms with van der Waals surface area (Å²) in [6.45, 7) is 0. The molecule has 0 spiro atoms. The van der Waals surface area contributed by atoms with Crippen molar-refractivity contribution in [2.24, 2.45) is 0 Å². The molecule has 0 saturated heterocycles. The molecule has 0 amide bonds. The lowest BCUT2D eigenvalue weighted by atomic mass is 10.3. The van der Waals surface area contributed by atoms with E-state index in [-0.39, 0.29) is 0 Å². The maximum absolute atomic E-state index is 11.6. The van der Waals surface area contributed by atoms with Gasteiger partial charge in [0.15, 0.2) is 0 Å². The van der Waals surface area contributed by atoms with Crippen LogP contribution >= 0.6 is 11.3 Å². The first-order valence-corrected chi connectivity index (χ1v) is 3.55.